The summed E-state index contributed by atoms with van der Waals surface area (Å²) < 4.78 is 11.1. The van der Waals surface area contributed by atoms with E-state index in [1.165, 1.54) is 5.56 Å². The first-order valence-corrected chi connectivity index (χ1v) is 9.30. The fourth-order valence-corrected chi connectivity index (χ4v) is 2.82. The maximum absolute atomic E-state index is 11.9. The molecule has 0 unspecified atom stereocenters. The quantitative estimate of drug-likeness (QED) is 0.613. The SMILES string of the molecule is CC(C)Oc1cccc(CCCNC(=O)COc2ccc(Cl)cc2Cl)c1. The average Bonchev–Trinajstić information content (AvgIpc) is 2.58. The summed E-state index contributed by atoms with van der Waals surface area (Å²) in [6.45, 7) is 4.49. The minimum atomic E-state index is -0.187. The number of ether oxygens (including phenoxy) is 2. The molecule has 0 aliphatic heterocycles. The summed E-state index contributed by atoms with van der Waals surface area (Å²) in [7, 11) is 0. The number of nitrogens with one attached hydrogen (secondary N) is 1. The number of amides is 1. The van der Waals surface area contributed by atoms with Crippen LogP contribution in [0.5, 0.6) is 11.5 Å². The van der Waals surface area contributed by atoms with E-state index in [1.54, 1.807) is 18.2 Å². The van der Waals surface area contributed by atoms with Crippen LogP contribution >= 0.6 is 23.2 Å². The van der Waals surface area contributed by atoms with Gasteiger partial charge in [-0.25, -0.2) is 0 Å². The Hall–Kier alpha value is -1.91. The second-order valence-electron chi connectivity index (χ2n) is 6.13. The van der Waals surface area contributed by atoms with Gasteiger partial charge in [0.1, 0.15) is 11.5 Å². The van der Waals surface area contributed by atoms with Gasteiger partial charge < -0.3 is 14.8 Å². The summed E-state index contributed by atoms with van der Waals surface area (Å²) in [4.78, 5) is 11.9. The number of hydrogen-bond acceptors (Lipinski definition) is 3. The van der Waals surface area contributed by atoms with Crippen molar-refractivity contribution in [1.29, 1.82) is 0 Å². The minimum absolute atomic E-state index is 0.0843. The van der Waals surface area contributed by atoms with Crippen LogP contribution in [0, 0.1) is 0 Å². The fraction of sp³-hybridized carbons (Fsp3) is 0.350. The van der Waals surface area contributed by atoms with Gasteiger partial charge in [0.2, 0.25) is 0 Å². The van der Waals surface area contributed by atoms with Crippen LogP contribution in [0.3, 0.4) is 0 Å². The van der Waals surface area contributed by atoms with E-state index in [9.17, 15) is 4.79 Å². The molecule has 0 fully saturated rings. The zero-order chi connectivity index (χ0) is 18.9. The summed E-state index contributed by atoms with van der Waals surface area (Å²) in [5.41, 5.74) is 1.18. The highest BCUT2D eigenvalue weighted by atomic mass is 35.5. The largest absolute Gasteiger partial charge is 0.491 e. The van der Waals surface area contributed by atoms with Crippen LogP contribution in [0.25, 0.3) is 0 Å². The van der Waals surface area contributed by atoms with Crippen LogP contribution in [-0.4, -0.2) is 25.2 Å². The topological polar surface area (TPSA) is 47.6 Å². The molecule has 0 spiro atoms. The van der Waals surface area contributed by atoms with Crippen LogP contribution < -0.4 is 14.8 Å². The van der Waals surface area contributed by atoms with Gasteiger partial charge in [-0.2, -0.15) is 0 Å². The molecule has 140 valence electrons. The molecule has 6 heteroatoms. The zero-order valence-corrected chi connectivity index (χ0v) is 16.4. The number of hydrogen-bond donors (Lipinski definition) is 1. The summed E-state index contributed by atoms with van der Waals surface area (Å²) in [5.74, 6) is 1.12. The summed E-state index contributed by atoms with van der Waals surface area (Å²) in [6, 6.07) is 12.9. The monoisotopic (exact) mass is 395 g/mol. The molecular weight excluding hydrogens is 373 g/mol. The summed E-state index contributed by atoms with van der Waals surface area (Å²) in [6.07, 6.45) is 1.84. The first-order chi connectivity index (χ1) is 12.4. The van der Waals surface area contributed by atoms with E-state index < -0.39 is 0 Å². The van der Waals surface area contributed by atoms with Crippen LogP contribution in [0.15, 0.2) is 42.5 Å². The Labute approximate surface area is 164 Å². The molecule has 0 aromatic heterocycles. The van der Waals surface area contributed by atoms with Crippen LogP contribution in [0.1, 0.15) is 25.8 Å². The van der Waals surface area contributed by atoms with Gasteiger partial charge in [-0.3, -0.25) is 4.79 Å². The van der Waals surface area contributed by atoms with E-state index in [1.807, 2.05) is 32.0 Å². The number of rotatable bonds is 9. The van der Waals surface area contributed by atoms with E-state index in [0.29, 0.717) is 22.3 Å². The molecule has 2 rings (SSSR count). The van der Waals surface area contributed by atoms with Gasteiger partial charge in [0, 0.05) is 11.6 Å². The van der Waals surface area contributed by atoms with Crippen molar-refractivity contribution in [2.75, 3.05) is 13.2 Å². The van der Waals surface area contributed by atoms with Gasteiger partial charge in [-0.15, -0.1) is 0 Å². The van der Waals surface area contributed by atoms with Crippen molar-refractivity contribution >= 4 is 29.1 Å². The second-order valence-corrected chi connectivity index (χ2v) is 6.97. The van der Waals surface area contributed by atoms with Gasteiger partial charge in [0.05, 0.1) is 11.1 Å². The van der Waals surface area contributed by atoms with Crippen molar-refractivity contribution in [3.05, 3.63) is 58.1 Å². The Bertz CT molecular complexity index is 735. The molecule has 0 saturated carbocycles. The third-order valence-corrected chi connectivity index (χ3v) is 4.02. The predicted molar refractivity (Wildman–Crippen MR) is 105 cm³/mol. The molecule has 0 saturated heterocycles. The molecule has 0 heterocycles. The lowest BCUT2D eigenvalue weighted by molar-refractivity contribution is -0.123. The summed E-state index contributed by atoms with van der Waals surface area (Å²) in [5, 5.41) is 3.74. The lowest BCUT2D eigenvalue weighted by Gasteiger charge is -2.11. The molecule has 2 aromatic rings. The second kappa shape index (κ2) is 10.3. The maximum atomic E-state index is 11.9. The Morgan fingerprint density at radius 1 is 1.15 bits per heavy atom. The standard InChI is InChI=1S/C20H23Cl2NO3/c1-14(2)26-17-7-3-5-15(11-17)6-4-10-23-20(24)13-25-19-9-8-16(21)12-18(19)22/h3,5,7-9,11-12,14H,4,6,10,13H2,1-2H3,(H,23,24). The van der Waals surface area contributed by atoms with E-state index in [0.717, 1.165) is 18.6 Å². The van der Waals surface area contributed by atoms with E-state index in [4.69, 9.17) is 32.7 Å². The first-order valence-electron chi connectivity index (χ1n) is 8.54. The highest BCUT2D eigenvalue weighted by Gasteiger charge is 2.06. The third-order valence-electron chi connectivity index (χ3n) is 3.49. The molecule has 4 nitrogen and oxygen atoms in total. The van der Waals surface area contributed by atoms with Gasteiger partial charge in [-0.1, -0.05) is 35.3 Å². The Morgan fingerprint density at radius 3 is 2.69 bits per heavy atom. The van der Waals surface area contributed by atoms with Crippen molar-refractivity contribution in [2.45, 2.75) is 32.8 Å². The molecule has 1 amide bonds. The Kier molecular flexibility index (Phi) is 8.07. The van der Waals surface area contributed by atoms with Crippen molar-refractivity contribution in [2.24, 2.45) is 0 Å². The van der Waals surface area contributed by atoms with Gasteiger partial charge in [-0.05, 0) is 62.6 Å². The molecule has 1 N–H and O–H groups in total. The molecule has 2 aromatic carbocycles. The Balaban J connectivity index is 1.68. The predicted octanol–water partition coefficient (Wildman–Crippen LogP) is 4.91. The van der Waals surface area contributed by atoms with Gasteiger partial charge in [0.15, 0.2) is 6.61 Å². The number of halogens is 2. The highest BCUT2D eigenvalue weighted by molar-refractivity contribution is 6.35. The molecule has 26 heavy (non-hydrogen) atoms. The minimum Gasteiger partial charge on any atom is -0.491 e. The average molecular weight is 396 g/mol. The van der Waals surface area contributed by atoms with E-state index in [2.05, 4.69) is 11.4 Å². The smallest absolute Gasteiger partial charge is 0.257 e. The lowest BCUT2D eigenvalue weighted by Crippen LogP contribution is -2.29. The molecule has 0 radical (unpaired) electrons. The van der Waals surface area contributed by atoms with Crippen molar-refractivity contribution in [3.63, 3.8) is 0 Å². The molecule has 0 aliphatic carbocycles. The fourth-order valence-electron chi connectivity index (χ4n) is 2.35. The van der Waals surface area contributed by atoms with Crippen LogP contribution in [0.2, 0.25) is 10.0 Å². The number of carbonyl (C=O) groups excluding carboxylic acids is 1. The van der Waals surface area contributed by atoms with Crippen molar-refractivity contribution in [1.82, 2.24) is 5.32 Å². The molecular formula is C20H23Cl2NO3. The first kappa shape index (κ1) is 20.4. The van der Waals surface area contributed by atoms with Crippen molar-refractivity contribution < 1.29 is 14.3 Å². The molecule has 0 aliphatic rings. The van der Waals surface area contributed by atoms with Crippen LogP contribution in [0.4, 0.5) is 0 Å². The highest BCUT2D eigenvalue weighted by Crippen LogP contribution is 2.27. The molecule has 0 bridgehead atoms. The zero-order valence-electron chi connectivity index (χ0n) is 14.9. The van der Waals surface area contributed by atoms with Crippen molar-refractivity contribution in [3.8, 4) is 11.5 Å². The van der Waals surface area contributed by atoms with E-state index in [-0.39, 0.29) is 18.6 Å². The third kappa shape index (κ3) is 7.14. The molecule has 0 atom stereocenters. The summed E-state index contributed by atoms with van der Waals surface area (Å²) >= 11 is 11.8. The van der Waals surface area contributed by atoms with Crippen LogP contribution in [-0.2, 0) is 11.2 Å². The van der Waals surface area contributed by atoms with Gasteiger partial charge >= 0.3 is 0 Å². The number of benzene rings is 2. The van der Waals surface area contributed by atoms with Gasteiger partial charge in [0.25, 0.3) is 5.91 Å². The number of aryl methyl sites for hydroxylation is 1. The lowest BCUT2D eigenvalue weighted by atomic mass is 10.1. The Morgan fingerprint density at radius 2 is 1.96 bits per heavy atom. The normalized spacial score (nSPS) is 10.7. The number of carbonyl (C=O) groups is 1. The maximum Gasteiger partial charge on any atom is 0.257 e. The van der Waals surface area contributed by atoms with E-state index >= 15 is 0 Å².